The number of fused-ring (bicyclic) bond motifs is 4. The van der Waals surface area contributed by atoms with Gasteiger partial charge in [0.2, 0.25) is 0 Å². The number of rotatable bonds is 1. The van der Waals surface area contributed by atoms with Gasteiger partial charge in [0.15, 0.2) is 0 Å². The second-order valence-corrected chi connectivity index (χ2v) is 7.24. The standard InChI is InChI=1S/C21H14ClFN4O/c1-9-6-14-17(12-4-5-16(23)20-15(12)8-25-27-20)18(24)21(28)26-19(14)13-7-10(22)2-3-11(9)13/h2-8H,24H2,1H3,(H,25,27)(H,26,28). The number of aromatic nitrogens is 3. The summed E-state index contributed by atoms with van der Waals surface area (Å²) in [5, 5.41) is 10.3. The maximum atomic E-state index is 14.1. The third-order valence-electron chi connectivity index (χ3n) is 5.16. The maximum absolute atomic E-state index is 14.1. The molecule has 2 aromatic heterocycles. The fraction of sp³-hybridized carbons (Fsp3) is 0.0476. The van der Waals surface area contributed by atoms with Crippen molar-refractivity contribution in [2.45, 2.75) is 6.92 Å². The van der Waals surface area contributed by atoms with Gasteiger partial charge in [-0.25, -0.2) is 4.39 Å². The summed E-state index contributed by atoms with van der Waals surface area (Å²) in [6, 6.07) is 10.5. The summed E-state index contributed by atoms with van der Waals surface area (Å²) >= 11 is 6.21. The molecule has 5 rings (SSSR count). The fourth-order valence-electron chi connectivity index (χ4n) is 3.86. The Labute approximate surface area is 162 Å². The van der Waals surface area contributed by atoms with Crippen LogP contribution in [-0.4, -0.2) is 15.2 Å². The fourth-order valence-corrected chi connectivity index (χ4v) is 4.03. The number of pyridine rings is 1. The van der Waals surface area contributed by atoms with Crippen LogP contribution in [0.25, 0.3) is 43.7 Å². The number of anilines is 1. The molecule has 0 aliphatic heterocycles. The SMILES string of the molecule is Cc1cc2c(-c3ccc(F)c4[nH]ncc34)c(N)c(=O)[nH]c2c2cc(Cl)ccc12. The molecular formula is C21H14ClFN4O. The normalized spacial score (nSPS) is 11.7. The van der Waals surface area contributed by atoms with Crippen molar-refractivity contribution < 1.29 is 4.39 Å². The predicted octanol–water partition coefficient (Wildman–Crippen LogP) is 4.91. The van der Waals surface area contributed by atoms with E-state index in [1.54, 1.807) is 6.07 Å². The largest absolute Gasteiger partial charge is 0.394 e. The Bertz CT molecular complexity index is 1490. The summed E-state index contributed by atoms with van der Waals surface area (Å²) in [6.07, 6.45) is 1.53. The number of nitrogen functional groups attached to an aromatic ring is 1. The highest BCUT2D eigenvalue weighted by molar-refractivity contribution is 6.32. The summed E-state index contributed by atoms with van der Waals surface area (Å²) in [6.45, 7) is 1.98. The molecule has 0 saturated carbocycles. The number of nitrogens with two attached hydrogens (primary N) is 1. The second-order valence-electron chi connectivity index (χ2n) is 6.80. The molecule has 7 heteroatoms. The Hall–Kier alpha value is -3.38. The van der Waals surface area contributed by atoms with E-state index in [9.17, 15) is 9.18 Å². The van der Waals surface area contributed by atoms with Gasteiger partial charge in [0, 0.05) is 26.7 Å². The number of hydrogen-bond acceptors (Lipinski definition) is 3. The van der Waals surface area contributed by atoms with Crippen LogP contribution >= 0.6 is 11.6 Å². The lowest BCUT2D eigenvalue weighted by Gasteiger charge is -2.14. The third-order valence-corrected chi connectivity index (χ3v) is 5.40. The van der Waals surface area contributed by atoms with Crippen molar-refractivity contribution in [1.82, 2.24) is 15.2 Å². The van der Waals surface area contributed by atoms with Crippen LogP contribution < -0.4 is 11.3 Å². The van der Waals surface area contributed by atoms with Crippen LogP contribution in [0.2, 0.25) is 5.02 Å². The van der Waals surface area contributed by atoms with E-state index in [4.69, 9.17) is 17.3 Å². The molecule has 5 nitrogen and oxygen atoms in total. The minimum absolute atomic E-state index is 0.0717. The summed E-state index contributed by atoms with van der Waals surface area (Å²) in [7, 11) is 0. The van der Waals surface area contributed by atoms with Crippen molar-refractivity contribution in [3.8, 4) is 11.1 Å². The molecule has 3 aromatic carbocycles. The molecule has 2 heterocycles. The summed E-state index contributed by atoms with van der Waals surface area (Å²) in [4.78, 5) is 15.6. The lowest BCUT2D eigenvalue weighted by atomic mass is 9.93. The van der Waals surface area contributed by atoms with Crippen LogP contribution in [0, 0.1) is 12.7 Å². The first-order valence-electron chi connectivity index (χ1n) is 8.62. The van der Waals surface area contributed by atoms with Crippen molar-refractivity contribution in [1.29, 1.82) is 0 Å². The highest BCUT2D eigenvalue weighted by atomic mass is 35.5. The first kappa shape index (κ1) is 16.8. The number of halogens is 2. The molecule has 0 amide bonds. The van der Waals surface area contributed by atoms with E-state index in [-0.39, 0.29) is 11.2 Å². The Balaban J connectivity index is 2.03. The molecule has 0 atom stereocenters. The number of nitrogens with one attached hydrogen (secondary N) is 2. The molecule has 0 bridgehead atoms. The highest BCUT2D eigenvalue weighted by Gasteiger charge is 2.19. The Kier molecular flexibility index (Phi) is 3.48. The van der Waals surface area contributed by atoms with Gasteiger partial charge in [0.1, 0.15) is 17.0 Å². The van der Waals surface area contributed by atoms with Crippen molar-refractivity contribution >= 4 is 49.9 Å². The molecule has 0 radical (unpaired) electrons. The van der Waals surface area contributed by atoms with Gasteiger partial charge in [-0.2, -0.15) is 5.10 Å². The van der Waals surface area contributed by atoms with Gasteiger partial charge < -0.3 is 10.7 Å². The average Bonchev–Trinajstić information content (AvgIpc) is 3.16. The highest BCUT2D eigenvalue weighted by Crippen LogP contribution is 2.39. The number of benzene rings is 3. The van der Waals surface area contributed by atoms with Crippen LogP contribution in [0.3, 0.4) is 0 Å². The number of nitrogens with zero attached hydrogens (tertiary/aromatic N) is 1. The summed E-state index contributed by atoms with van der Waals surface area (Å²) < 4.78 is 14.1. The number of aromatic amines is 2. The predicted molar refractivity (Wildman–Crippen MR) is 111 cm³/mol. The number of H-pyrrole nitrogens is 2. The zero-order valence-electron chi connectivity index (χ0n) is 14.7. The van der Waals surface area contributed by atoms with Crippen LogP contribution in [0.5, 0.6) is 0 Å². The molecule has 138 valence electrons. The zero-order chi connectivity index (χ0) is 19.6. The molecule has 0 fully saturated rings. The second kappa shape index (κ2) is 5.81. The molecule has 5 aromatic rings. The lowest BCUT2D eigenvalue weighted by Crippen LogP contribution is -2.14. The van der Waals surface area contributed by atoms with Crippen molar-refractivity contribution in [2.24, 2.45) is 0 Å². The van der Waals surface area contributed by atoms with Crippen molar-refractivity contribution in [3.63, 3.8) is 0 Å². The molecule has 0 unspecified atom stereocenters. The minimum Gasteiger partial charge on any atom is -0.394 e. The lowest BCUT2D eigenvalue weighted by molar-refractivity contribution is 0.636. The molecule has 0 saturated heterocycles. The van der Waals surface area contributed by atoms with Crippen molar-refractivity contribution in [2.75, 3.05) is 5.73 Å². The molecule has 0 aliphatic rings. The zero-order valence-corrected chi connectivity index (χ0v) is 15.5. The smallest absolute Gasteiger partial charge is 0.272 e. The number of aryl methyl sites for hydroxylation is 1. The van der Waals surface area contributed by atoms with E-state index >= 15 is 0 Å². The molecular weight excluding hydrogens is 379 g/mol. The van der Waals surface area contributed by atoms with Gasteiger partial charge in [0.05, 0.1) is 11.7 Å². The summed E-state index contributed by atoms with van der Waals surface area (Å²) in [5.74, 6) is -0.419. The van der Waals surface area contributed by atoms with Crippen molar-refractivity contribution in [3.05, 3.63) is 69.4 Å². The third kappa shape index (κ3) is 2.25. The molecule has 4 N–H and O–H groups in total. The van der Waals surface area contributed by atoms with Gasteiger partial charge >= 0.3 is 0 Å². The Morgan fingerprint density at radius 2 is 1.86 bits per heavy atom. The van der Waals surface area contributed by atoms with E-state index in [0.717, 1.165) is 21.7 Å². The minimum atomic E-state index is -0.419. The van der Waals surface area contributed by atoms with Gasteiger partial charge in [-0.3, -0.25) is 9.89 Å². The van der Waals surface area contributed by atoms with Gasteiger partial charge in [-0.05, 0) is 47.7 Å². The molecule has 0 spiro atoms. The Morgan fingerprint density at radius 3 is 2.68 bits per heavy atom. The monoisotopic (exact) mass is 392 g/mol. The van der Waals surface area contributed by atoms with Gasteiger partial charge in [0.25, 0.3) is 5.56 Å². The number of hydrogen-bond donors (Lipinski definition) is 3. The summed E-state index contributed by atoms with van der Waals surface area (Å²) in [5.41, 5.74) is 8.98. The van der Waals surface area contributed by atoms with Crippen LogP contribution in [-0.2, 0) is 0 Å². The maximum Gasteiger partial charge on any atom is 0.272 e. The quantitative estimate of drug-likeness (QED) is 0.354. The topological polar surface area (TPSA) is 87.6 Å². The van der Waals surface area contributed by atoms with E-state index in [0.29, 0.717) is 27.1 Å². The van der Waals surface area contributed by atoms with E-state index in [2.05, 4.69) is 15.2 Å². The van der Waals surface area contributed by atoms with Crippen LogP contribution in [0.1, 0.15) is 5.56 Å². The van der Waals surface area contributed by atoms with E-state index in [1.807, 2.05) is 31.2 Å². The first-order chi connectivity index (χ1) is 13.5. The van der Waals surface area contributed by atoms with E-state index in [1.165, 1.54) is 12.3 Å². The van der Waals surface area contributed by atoms with Gasteiger partial charge in [-0.1, -0.05) is 23.7 Å². The van der Waals surface area contributed by atoms with E-state index < -0.39 is 11.4 Å². The first-order valence-corrected chi connectivity index (χ1v) is 9.00. The molecule has 28 heavy (non-hydrogen) atoms. The van der Waals surface area contributed by atoms with Crippen LogP contribution in [0.15, 0.2) is 47.4 Å². The molecule has 0 aliphatic carbocycles. The van der Waals surface area contributed by atoms with Gasteiger partial charge in [-0.15, -0.1) is 0 Å². The van der Waals surface area contributed by atoms with Crippen LogP contribution in [0.4, 0.5) is 10.1 Å². The average molecular weight is 393 g/mol. The Morgan fingerprint density at radius 1 is 1.04 bits per heavy atom.